The van der Waals surface area contributed by atoms with Crippen LogP contribution in [0.2, 0.25) is 0 Å². The molecule has 0 radical (unpaired) electrons. The van der Waals surface area contributed by atoms with Crippen molar-refractivity contribution in [3.05, 3.63) is 21.9 Å². The lowest BCUT2D eigenvalue weighted by Gasteiger charge is -2.23. The number of fused-ring (bicyclic) bond motifs is 1. The zero-order valence-corrected chi connectivity index (χ0v) is 12.9. The Morgan fingerprint density at radius 3 is 3.05 bits per heavy atom. The maximum Gasteiger partial charge on any atom is 0.213 e. The Bertz CT molecular complexity index is 496. The molecule has 0 aliphatic heterocycles. The fraction of sp³-hybridized carbons (Fsp3) is 0.692. The lowest BCUT2D eigenvalue weighted by Crippen LogP contribution is -2.35. The summed E-state index contributed by atoms with van der Waals surface area (Å²) < 4.78 is 26.9. The number of sulfonamides is 1. The van der Waals surface area contributed by atoms with Gasteiger partial charge in [0, 0.05) is 17.5 Å². The van der Waals surface area contributed by atoms with Crippen molar-refractivity contribution in [2.45, 2.75) is 38.6 Å². The highest BCUT2D eigenvalue weighted by Gasteiger charge is 2.25. The average molecular weight is 302 g/mol. The van der Waals surface area contributed by atoms with Gasteiger partial charge < -0.3 is 5.32 Å². The average Bonchev–Trinajstić information content (AvgIpc) is 2.84. The zero-order valence-electron chi connectivity index (χ0n) is 11.3. The maximum atomic E-state index is 12.0. The van der Waals surface area contributed by atoms with Crippen LogP contribution in [0.5, 0.6) is 0 Å². The van der Waals surface area contributed by atoms with Crippen LogP contribution < -0.4 is 10.0 Å². The molecule has 108 valence electrons. The van der Waals surface area contributed by atoms with Crippen molar-refractivity contribution >= 4 is 21.4 Å². The van der Waals surface area contributed by atoms with Gasteiger partial charge in [-0.15, -0.1) is 11.3 Å². The normalized spacial score (nSPS) is 19.3. The number of nitrogens with one attached hydrogen (secondary N) is 2. The van der Waals surface area contributed by atoms with Gasteiger partial charge in [-0.3, -0.25) is 0 Å². The summed E-state index contributed by atoms with van der Waals surface area (Å²) in [5, 5.41) is 5.18. The molecule has 0 fully saturated rings. The van der Waals surface area contributed by atoms with Crippen LogP contribution in [0, 0.1) is 0 Å². The molecule has 2 rings (SSSR count). The van der Waals surface area contributed by atoms with Crippen LogP contribution in [-0.2, 0) is 16.4 Å². The van der Waals surface area contributed by atoms with E-state index in [0.717, 1.165) is 32.2 Å². The molecule has 1 aromatic heterocycles. The fourth-order valence-electron chi connectivity index (χ4n) is 2.39. The van der Waals surface area contributed by atoms with Crippen LogP contribution in [-0.4, -0.2) is 27.3 Å². The first kappa shape index (κ1) is 15.0. The highest BCUT2D eigenvalue weighted by Crippen LogP contribution is 2.33. The van der Waals surface area contributed by atoms with Crippen LogP contribution in [0.3, 0.4) is 0 Å². The predicted octanol–water partition coefficient (Wildman–Crippen LogP) is 2.04. The molecule has 0 amide bonds. The molecule has 1 aliphatic rings. The highest BCUT2D eigenvalue weighted by atomic mass is 32.2. The monoisotopic (exact) mass is 302 g/mol. The van der Waals surface area contributed by atoms with Crippen LogP contribution in [0.25, 0.3) is 0 Å². The van der Waals surface area contributed by atoms with Gasteiger partial charge in [0.05, 0.1) is 5.75 Å². The van der Waals surface area contributed by atoms with Gasteiger partial charge in [-0.2, -0.15) is 0 Å². The molecule has 2 N–H and O–H groups in total. The van der Waals surface area contributed by atoms with Gasteiger partial charge in [-0.25, -0.2) is 13.1 Å². The Kier molecular flexibility index (Phi) is 5.38. The second kappa shape index (κ2) is 6.83. The number of rotatable bonds is 7. The lowest BCUT2D eigenvalue weighted by molar-refractivity contribution is 0.509. The van der Waals surface area contributed by atoms with E-state index in [-0.39, 0.29) is 11.8 Å². The fourth-order valence-corrected chi connectivity index (χ4v) is 4.59. The SMILES string of the molecule is CCCNCCS(=O)(=O)NC1CCCc2sccc21. The van der Waals surface area contributed by atoms with Crippen molar-refractivity contribution in [2.75, 3.05) is 18.8 Å². The van der Waals surface area contributed by atoms with E-state index in [1.165, 1.54) is 10.4 Å². The summed E-state index contributed by atoms with van der Waals surface area (Å²) in [6.07, 6.45) is 4.08. The molecule has 1 unspecified atom stereocenters. The number of hydrogen-bond acceptors (Lipinski definition) is 4. The number of aryl methyl sites for hydroxylation is 1. The Morgan fingerprint density at radius 2 is 2.26 bits per heavy atom. The largest absolute Gasteiger partial charge is 0.316 e. The molecule has 1 atom stereocenters. The first-order chi connectivity index (χ1) is 9.12. The van der Waals surface area contributed by atoms with E-state index in [4.69, 9.17) is 0 Å². The summed E-state index contributed by atoms with van der Waals surface area (Å²) in [6, 6.07) is 2.04. The molecule has 0 aromatic carbocycles. The Morgan fingerprint density at radius 1 is 1.42 bits per heavy atom. The van der Waals surface area contributed by atoms with Crippen LogP contribution >= 0.6 is 11.3 Å². The van der Waals surface area contributed by atoms with Crippen molar-refractivity contribution < 1.29 is 8.42 Å². The van der Waals surface area contributed by atoms with Gasteiger partial charge in [-0.1, -0.05) is 6.92 Å². The molecule has 0 spiro atoms. The lowest BCUT2D eigenvalue weighted by atomic mass is 9.95. The molecular weight excluding hydrogens is 280 g/mol. The molecule has 0 saturated carbocycles. The molecule has 6 heteroatoms. The van der Waals surface area contributed by atoms with Crippen LogP contribution in [0.15, 0.2) is 11.4 Å². The summed E-state index contributed by atoms with van der Waals surface area (Å²) in [7, 11) is -3.19. The number of thiophene rings is 1. The minimum atomic E-state index is -3.19. The van der Waals surface area contributed by atoms with Crippen molar-refractivity contribution in [2.24, 2.45) is 0 Å². The topological polar surface area (TPSA) is 58.2 Å². The maximum absolute atomic E-state index is 12.0. The van der Waals surface area contributed by atoms with Gasteiger partial charge in [-0.05, 0) is 49.2 Å². The first-order valence-electron chi connectivity index (χ1n) is 6.89. The third-order valence-electron chi connectivity index (χ3n) is 3.35. The second-order valence-electron chi connectivity index (χ2n) is 4.93. The molecule has 1 aromatic rings. The zero-order chi connectivity index (χ0) is 13.7. The summed E-state index contributed by atoms with van der Waals surface area (Å²) in [5.41, 5.74) is 1.18. The third-order valence-corrected chi connectivity index (χ3v) is 5.73. The molecule has 0 bridgehead atoms. The Labute approximate surface area is 119 Å². The standard InChI is InChI=1S/C13H22N2O2S2/c1-2-7-14-8-10-19(16,17)15-12-4-3-5-13-11(12)6-9-18-13/h6,9,12,14-15H,2-5,7-8,10H2,1H3. The van der Waals surface area contributed by atoms with Crippen molar-refractivity contribution in [3.8, 4) is 0 Å². The molecule has 1 aliphatic carbocycles. The molecule has 19 heavy (non-hydrogen) atoms. The van der Waals surface area contributed by atoms with Gasteiger partial charge in [0.25, 0.3) is 0 Å². The minimum absolute atomic E-state index is 0.0221. The molecule has 4 nitrogen and oxygen atoms in total. The number of hydrogen-bond donors (Lipinski definition) is 2. The van der Waals surface area contributed by atoms with Crippen molar-refractivity contribution in [3.63, 3.8) is 0 Å². The molecular formula is C13H22N2O2S2. The first-order valence-corrected chi connectivity index (χ1v) is 9.42. The summed E-state index contributed by atoms with van der Waals surface area (Å²) >= 11 is 1.73. The summed E-state index contributed by atoms with van der Waals surface area (Å²) in [4.78, 5) is 1.34. The second-order valence-corrected chi connectivity index (χ2v) is 7.80. The minimum Gasteiger partial charge on any atom is -0.316 e. The Balaban J connectivity index is 1.91. The van der Waals surface area contributed by atoms with Crippen LogP contribution in [0.4, 0.5) is 0 Å². The van der Waals surface area contributed by atoms with Gasteiger partial charge in [0.15, 0.2) is 0 Å². The van der Waals surface area contributed by atoms with Crippen molar-refractivity contribution in [1.82, 2.24) is 10.0 Å². The van der Waals surface area contributed by atoms with Crippen molar-refractivity contribution in [1.29, 1.82) is 0 Å². The van der Waals surface area contributed by atoms with E-state index in [1.807, 2.05) is 0 Å². The third kappa shape index (κ3) is 4.27. The van der Waals surface area contributed by atoms with E-state index in [0.29, 0.717) is 6.54 Å². The van der Waals surface area contributed by atoms with E-state index >= 15 is 0 Å². The van der Waals surface area contributed by atoms with Gasteiger partial charge >= 0.3 is 0 Å². The smallest absolute Gasteiger partial charge is 0.213 e. The quantitative estimate of drug-likeness (QED) is 0.758. The van der Waals surface area contributed by atoms with Crippen LogP contribution in [0.1, 0.15) is 42.7 Å². The summed E-state index contributed by atoms with van der Waals surface area (Å²) in [6.45, 7) is 3.46. The van der Waals surface area contributed by atoms with Gasteiger partial charge in [0.1, 0.15) is 0 Å². The van der Waals surface area contributed by atoms with E-state index < -0.39 is 10.0 Å². The molecule has 1 heterocycles. The predicted molar refractivity (Wildman–Crippen MR) is 80.1 cm³/mol. The van der Waals surface area contributed by atoms with E-state index in [2.05, 4.69) is 28.4 Å². The van der Waals surface area contributed by atoms with E-state index in [1.54, 1.807) is 11.3 Å². The highest BCUT2D eigenvalue weighted by molar-refractivity contribution is 7.89. The summed E-state index contributed by atoms with van der Waals surface area (Å²) in [5.74, 6) is 0.156. The van der Waals surface area contributed by atoms with E-state index in [9.17, 15) is 8.42 Å². The van der Waals surface area contributed by atoms with Gasteiger partial charge in [0.2, 0.25) is 10.0 Å². The Hall–Kier alpha value is -0.430. The molecule has 0 saturated heterocycles.